The lowest BCUT2D eigenvalue weighted by Crippen LogP contribution is -2.32. The molecule has 2 aromatic rings. The Morgan fingerprint density at radius 2 is 1.81 bits per heavy atom. The summed E-state index contributed by atoms with van der Waals surface area (Å²) in [6.07, 6.45) is 0.170. The van der Waals surface area contributed by atoms with Crippen LogP contribution in [0.5, 0.6) is 11.5 Å². The Bertz CT molecular complexity index is 789. The van der Waals surface area contributed by atoms with E-state index in [4.69, 9.17) is 9.47 Å². The van der Waals surface area contributed by atoms with Crippen LogP contribution >= 0.6 is 0 Å². The van der Waals surface area contributed by atoms with Crippen molar-refractivity contribution in [3.05, 3.63) is 48.0 Å². The van der Waals surface area contributed by atoms with Crippen molar-refractivity contribution < 1.29 is 19.1 Å². The van der Waals surface area contributed by atoms with Gasteiger partial charge in [0.15, 0.2) is 0 Å². The summed E-state index contributed by atoms with van der Waals surface area (Å²) in [5, 5.41) is 2.82. The maximum atomic E-state index is 12.3. The molecule has 0 aliphatic heterocycles. The van der Waals surface area contributed by atoms with Crippen LogP contribution in [0.25, 0.3) is 0 Å². The minimum atomic E-state index is -0.201. The number of aryl methyl sites for hydroxylation is 1. The highest BCUT2D eigenvalue weighted by molar-refractivity contribution is 5.96. The van der Waals surface area contributed by atoms with Crippen molar-refractivity contribution in [1.82, 2.24) is 0 Å². The van der Waals surface area contributed by atoms with Gasteiger partial charge in [-0.25, -0.2) is 0 Å². The molecule has 2 amide bonds. The molecule has 2 rings (SSSR count). The van der Waals surface area contributed by atoms with E-state index in [-0.39, 0.29) is 18.2 Å². The second-order valence-electron chi connectivity index (χ2n) is 5.82. The van der Waals surface area contributed by atoms with Crippen molar-refractivity contribution in [2.45, 2.75) is 20.3 Å². The quantitative estimate of drug-likeness (QED) is 0.826. The number of carbonyl (C=O) groups excluding carboxylic acids is 2. The summed E-state index contributed by atoms with van der Waals surface area (Å²) < 4.78 is 10.4. The average Bonchev–Trinajstić information content (AvgIpc) is 2.63. The molecule has 0 heterocycles. The third-order valence-corrected chi connectivity index (χ3v) is 4.03. The van der Waals surface area contributed by atoms with Crippen LogP contribution in [0.3, 0.4) is 0 Å². The number of rotatable bonds is 7. The van der Waals surface area contributed by atoms with Crippen molar-refractivity contribution in [2.75, 3.05) is 31.0 Å². The number of nitrogens with one attached hydrogen (secondary N) is 1. The van der Waals surface area contributed by atoms with Gasteiger partial charge in [0.25, 0.3) is 0 Å². The van der Waals surface area contributed by atoms with Gasteiger partial charge in [-0.1, -0.05) is 18.2 Å². The number of hydrogen-bond donors (Lipinski definition) is 1. The third kappa shape index (κ3) is 4.75. The Morgan fingerprint density at radius 3 is 2.42 bits per heavy atom. The monoisotopic (exact) mass is 356 g/mol. The van der Waals surface area contributed by atoms with Gasteiger partial charge in [-0.05, 0) is 30.7 Å². The first-order valence-electron chi connectivity index (χ1n) is 8.32. The summed E-state index contributed by atoms with van der Waals surface area (Å²) >= 11 is 0. The first-order valence-corrected chi connectivity index (χ1v) is 8.32. The summed E-state index contributed by atoms with van der Waals surface area (Å²) in [5.74, 6) is 0.851. The lowest BCUT2D eigenvalue weighted by atomic mass is 10.1. The fraction of sp³-hybridized carbons (Fsp3) is 0.300. The van der Waals surface area contributed by atoms with E-state index in [1.165, 1.54) is 14.0 Å². The van der Waals surface area contributed by atoms with Crippen LogP contribution in [0.1, 0.15) is 18.9 Å². The predicted octanol–water partition coefficient (Wildman–Crippen LogP) is 3.39. The van der Waals surface area contributed by atoms with E-state index in [0.29, 0.717) is 23.7 Å². The molecule has 0 spiro atoms. The van der Waals surface area contributed by atoms with Crippen LogP contribution in [0.2, 0.25) is 0 Å². The molecule has 0 saturated carbocycles. The van der Waals surface area contributed by atoms with E-state index in [1.54, 1.807) is 30.2 Å². The van der Waals surface area contributed by atoms with Gasteiger partial charge in [-0.2, -0.15) is 0 Å². The molecule has 0 aliphatic rings. The Labute approximate surface area is 153 Å². The number of nitrogens with zero attached hydrogens (tertiary/aromatic N) is 1. The fourth-order valence-electron chi connectivity index (χ4n) is 2.64. The molecule has 2 aromatic carbocycles. The molecule has 0 bridgehead atoms. The van der Waals surface area contributed by atoms with Crippen molar-refractivity contribution in [1.29, 1.82) is 0 Å². The van der Waals surface area contributed by atoms with E-state index >= 15 is 0 Å². The molecule has 0 aromatic heterocycles. The number of benzene rings is 2. The molecule has 138 valence electrons. The molecule has 6 heteroatoms. The molecule has 0 fully saturated rings. The van der Waals surface area contributed by atoms with E-state index in [9.17, 15) is 9.59 Å². The third-order valence-electron chi connectivity index (χ3n) is 4.03. The lowest BCUT2D eigenvalue weighted by Gasteiger charge is -2.23. The summed E-state index contributed by atoms with van der Waals surface area (Å²) in [4.78, 5) is 26.0. The van der Waals surface area contributed by atoms with Gasteiger partial charge in [-0.15, -0.1) is 0 Å². The topological polar surface area (TPSA) is 67.9 Å². The minimum absolute atomic E-state index is 0.103. The maximum Gasteiger partial charge on any atom is 0.226 e. The predicted molar refractivity (Wildman–Crippen MR) is 102 cm³/mol. The van der Waals surface area contributed by atoms with Crippen molar-refractivity contribution in [3.8, 4) is 11.5 Å². The number of para-hydroxylation sites is 1. The maximum absolute atomic E-state index is 12.3. The van der Waals surface area contributed by atoms with E-state index < -0.39 is 0 Å². The van der Waals surface area contributed by atoms with Crippen molar-refractivity contribution in [2.24, 2.45) is 0 Å². The second kappa shape index (κ2) is 8.89. The molecule has 0 saturated heterocycles. The van der Waals surface area contributed by atoms with Gasteiger partial charge in [0, 0.05) is 31.6 Å². The molecular weight excluding hydrogens is 332 g/mol. The summed E-state index contributed by atoms with van der Waals surface area (Å²) in [7, 11) is 3.09. The highest BCUT2D eigenvalue weighted by atomic mass is 16.5. The zero-order valence-electron chi connectivity index (χ0n) is 15.5. The molecule has 0 radical (unpaired) electrons. The Morgan fingerprint density at radius 1 is 1.08 bits per heavy atom. The Balaban J connectivity index is 2.05. The number of methoxy groups -OCH3 is 2. The van der Waals surface area contributed by atoms with Gasteiger partial charge >= 0.3 is 0 Å². The number of anilines is 2. The molecule has 26 heavy (non-hydrogen) atoms. The zero-order chi connectivity index (χ0) is 19.1. The minimum Gasteiger partial charge on any atom is -0.497 e. The molecule has 0 unspecified atom stereocenters. The number of carbonyl (C=O) groups is 2. The number of ether oxygens (including phenoxy) is 2. The smallest absolute Gasteiger partial charge is 0.226 e. The molecular formula is C20H24N2O4. The fourth-order valence-corrected chi connectivity index (χ4v) is 2.64. The summed E-state index contributed by atoms with van der Waals surface area (Å²) in [5.41, 5.74) is 2.36. The van der Waals surface area contributed by atoms with Crippen LogP contribution in [0.4, 0.5) is 11.4 Å². The largest absolute Gasteiger partial charge is 0.497 e. The second-order valence-corrected chi connectivity index (χ2v) is 5.82. The average molecular weight is 356 g/mol. The Kier molecular flexibility index (Phi) is 6.60. The van der Waals surface area contributed by atoms with Crippen LogP contribution in [-0.2, 0) is 9.59 Å². The van der Waals surface area contributed by atoms with Crippen molar-refractivity contribution in [3.63, 3.8) is 0 Å². The van der Waals surface area contributed by atoms with Gasteiger partial charge < -0.3 is 19.7 Å². The van der Waals surface area contributed by atoms with Crippen LogP contribution in [-0.4, -0.2) is 32.6 Å². The van der Waals surface area contributed by atoms with Gasteiger partial charge in [0.1, 0.15) is 11.5 Å². The van der Waals surface area contributed by atoms with Gasteiger partial charge in [0.05, 0.1) is 19.9 Å². The molecule has 1 N–H and O–H groups in total. The first-order chi connectivity index (χ1) is 12.5. The SMILES string of the molecule is COc1ccc(NC(=O)CCN(C(C)=O)c2ccccc2C)c(OC)c1. The lowest BCUT2D eigenvalue weighted by molar-refractivity contribution is -0.117. The number of amides is 2. The normalized spacial score (nSPS) is 10.2. The molecule has 0 aliphatic carbocycles. The van der Waals surface area contributed by atoms with E-state index in [1.807, 2.05) is 31.2 Å². The van der Waals surface area contributed by atoms with Crippen LogP contribution in [0.15, 0.2) is 42.5 Å². The molecule has 0 atom stereocenters. The van der Waals surface area contributed by atoms with Crippen LogP contribution < -0.4 is 19.7 Å². The van der Waals surface area contributed by atoms with Crippen LogP contribution in [0, 0.1) is 6.92 Å². The van der Waals surface area contributed by atoms with E-state index in [0.717, 1.165) is 11.3 Å². The Hall–Kier alpha value is -3.02. The molecule has 6 nitrogen and oxygen atoms in total. The highest BCUT2D eigenvalue weighted by Crippen LogP contribution is 2.29. The standard InChI is InChI=1S/C20H24N2O4/c1-14-7-5-6-8-18(14)22(15(2)23)12-11-20(24)21-17-10-9-16(25-3)13-19(17)26-4/h5-10,13H,11-12H2,1-4H3,(H,21,24). The number of hydrogen-bond acceptors (Lipinski definition) is 4. The van der Waals surface area contributed by atoms with Gasteiger partial charge in [0.2, 0.25) is 11.8 Å². The summed E-state index contributed by atoms with van der Waals surface area (Å²) in [6, 6.07) is 12.8. The van der Waals surface area contributed by atoms with Crippen molar-refractivity contribution >= 4 is 23.2 Å². The first kappa shape index (κ1) is 19.3. The highest BCUT2D eigenvalue weighted by Gasteiger charge is 2.16. The van der Waals surface area contributed by atoms with Gasteiger partial charge in [-0.3, -0.25) is 9.59 Å². The summed E-state index contributed by atoms with van der Waals surface area (Å²) in [6.45, 7) is 3.73. The van der Waals surface area contributed by atoms with E-state index in [2.05, 4.69) is 5.32 Å². The zero-order valence-corrected chi connectivity index (χ0v) is 15.5.